The summed E-state index contributed by atoms with van der Waals surface area (Å²) in [5, 5.41) is 10.1. The van der Waals surface area contributed by atoms with E-state index in [0.717, 1.165) is 31.7 Å². The number of hydrazine groups is 1. The predicted octanol–water partition coefficient (Wildman–Crippen LogP) is 2.72. The van der Waals surface area contributed by atoms with Gasteiger partial charge in [0.2, 0.25) is 5.91 Å². The molecule has 5 N–H and O–H groups in total. The van der Waals surface area contributed by atoms with Crippen molar-refractivity contribution in [3.05, 3.63) is 0 Å². The number of hydrogen-bond acceptors (Lipinski definition) is 7. The summed E-state index contributed by atoms with van der Waals surface area (Å²) in [5.41, 5.74) is 10.3. The van der Waals surface area contributed by atoms with Crippen molar-refractivity contribution < 1.29 is 9.59 Å². The van der Waals surface area contributed by atoms with E-state index in [1.165, 1.54) is 88.5 Å². The lowest BCUT2D eigenvalue weighted by Gasteiger charge is -2.45. The highest BCUT2D eigenvalue weighted by Gasteiger charge is 2.57. The van der Waals surface area contributed by atoms with Crippen LogP contribution in [0.2, 0.25) is 0 Å². The Morgan fingerprint density at radius 1 is 0.895 bits per heavy atom. The maximum absolute atomic E-state index is 13.7. The summed E-state index contributed by atoms with van der Waals surface area (Å²) in [6, 6.07) is 0.923. The van der Waals surface area contributed by atoms with Crippen LogP contribution in [0.15, 0.2) is 0 Å². The van der Waals surface area contributed by atoms with Crippen LogP contribution in [-0.2, 0) is 4.79 Å². The number of carbonyl (C=O) groups is 2. The molecule has 9 nitrogen and oxygen atoms in total. The van der Waals surface area contributed by atoms with E-state index >= 15 is 0 Å². The van der Waals surface area contributed by atoms with Gasteiger partial charge >= 0.3 is 6.03 Å². The summed E-state index contributed by atoms with van der Waals surface area (Å²) >= 11 is 0. The average Bonchev–Trinajstić information content (AvgIpc) is 3.52. The van der Waals surface area contributed by atoms with Crippen molar-refractivity contribution in [2.45, 2.75) is 133 Å². The van der Waals surface area contributed by atoms with Gasteiger partial charge in [-0.3, -0.25) is 15.0 Å². The molecule has 6 unspecified atom stereocenters. The molecule has 3 aliphatic carbocycles. The number of imide groups is 1. The molecule has 214 valence electrons. The van der Waals surface area contributed by atoms with Crippen molar-refractivity contribution in [1.29, 1.82) is 0 Å². The molecular formula is C29H51N7O2. The number of rotatable bonds is 6. The van der Waals surface area contributed by atoms with E-state index < -0.39 is 0 Å². The number of fused-ring (bicyclic) bond motifs is 1. The number of nitrogens with two attached hydrogens (primary N) is 1. The minimum absolute atomic E-state index is 0.00763. The molecule has 0 bridgehead atoms. The van der Waals surface area contributed by atoms with Gasteiger partial charge in [0.15, 0.2) is 0 Å². The molecule has 0 spiro atoms. The number of nitrogens with zero attached hydrogens (tertiary/aromatic N) is 3. The van der Waals surface area contributed by atoms with Crippen molar-refractivity contribution in [2.75, 3.05) is 20.1 Å². The van der Waals surface area contributed by atoms with Crippen LogP contribution in [0.3, 0.4) is 0 Å². The molecule has 3 saturated carbocycles. The second-order valence-electron chi connectivity index (χ2n) is 13.3. The summed E-state index contributed by atoms with van der Waals surface area (Å²) in [6.45, 7) is 2.11. The molecule has 0 radical (unpaired) electrons. The maximum Gasteiger partial charge on any atom is 0.328 e. The Morgan fingerprint density at radius 3 is 2.34 bits per heavy atom. The van der Waals surface area contributed by atoms with Crippen LogP contribution in [0, 0.1) is 17.8 Å². The van der Waals surface area contributed by atoms with E-state index in [1.54, 1.807) is 7.05 Å². The van der Waals surface area contributed by atoms with E-state index in [0.29, 0.717) is 18.0 Å². The first-order chi connectivity index (χ1) is 18.5. The molecular weight excluding hydrogens is 478 g/mol. The van der Waals surface area contributed by atoms with Crippen LogP contribution in [0.25, 0.3) is 0 Å². The summed E-state index contributed by atoms with van der Waals surface area (Å²) in [7, 11) is 1.66. The summed E-state index contributed by atoms with van der Waals surface area (Å²) in [5.74, 6) is 1.06. The third-order valence-electron chi connectivity index (χ3n) is 10.9. The van der Waals surface area contributed by atoms with Crippen molar-refractivity contribution in [2.24, 2.45) is 23.5 Å². The third-order valence-corrected chi connectivity index (χ3v) is 10.9. The molecule has 6 aliphatic rings. The number of nitrogens with one attached hydrogen (secondary N) is 3. The molecule has 38 heavy (non-hydrogen) atoms. The Hall–Kier alpha value is -1.26. The minimum Gasteiger partial charge on any atom is -0.326 e. The van der Waals surface area contributed by atoms with Gasteiger partial charge < -0.3 is 16.0 Å². The first kappa shape index (κ1) is 26.9. The molecule has 6 fully saturated rings. The van der Waals surface area contributed by atoms with Gasteiger partial charge in [-0.2, -0.15) is 0 Å². The smallest absolute Gasteiger partial charge is 0.326 e. The Balaban J connectivity index is 1.19. The molecule has 3 heterocycles. The van der Waals surface area contributed by atoms with Crippen LogP contribution in [0.5, 0.6) is 0 Å². The number of carbonyl (C=O) groups excluding carboxylic acids is 2. The topological polar surface area (TPSA) is 106 Å². The molecule has 9 heteroatoms. The fourth-order valence-corrected chi connectivity index (χ4v) is 8.68. The Morgan fingerprint density at radius 2 is 1.66 bits per heavy atom. The lowest BCUT2D eigenvalue weighted by atomic mass is 9.76. The maximum atomic E-state index is 13.7. The Kier molecular flexibility index (Phi) is 8.29. The van der Waals surface area contributed by atoms with Gasteiger partial charge in [-0.1, -0.05) is 25.7 Å². The number of urea groups is 1. The standard InChI is InChI=1S/C29H51N7O2/c1-34-28(37)25-26(32-21-8-3-2-4-9-21)35(33-27(25)36(29(34)38)24-12-7-10-22(24)30)18-19-13-15-20(16-14-19)23-11-5-6-17-31-23/h19-27,31-33H,2-18,30H2,1H3. The summed E-state index contributed by atoms with van der Waals surface area (Å²) < 4.78 is 0. The highest BCUT2D eigenvalue weighted by atomic mass is 16.2. The van der Waals surface area contributed by atoms with Crippen LogP contribution >= 0.6 is 0 Å². The fraction of sp³-hybridized carbons (Fsp3) is 0.931. The molecule has 6 atom stereocenters. The normalized spacial score (nSPS) is 41.6. The number of hydrogen-bond donors (Lipinski definition) is 4. The van der Waals surface area contributed by atoms with Crippen molar-refractivity contribution in [3.8, 4) is 0 Å². The third kappa shape index (κ3) is 5.26. The van der Waals surface area contributed by atoms with E-state index in [1.807, 2.05) is 4.90 Å². The highest BCUT2D eigenvalue weighted by Crippen LogP contribution is 2.39. The van der Waals surface area contributed by atoms with Gasteiger partial charge in [-0.15, -0.1) is 0 Å². The Labute approximate surface area is 228 Å². The summed E-state index contributed by atoms with van der Waals surface area (Å²) in [4.78, 5) is 30.5. The molecule has 3 aliphatic heterocycles. The Bertz CT molecular complexity index is 837. The van der Waals surface area contributed by atoms with Gasteiger partial charge in [-0.25, -0.2) is 15.2 Å². The quantitative estimate of drug-likeness (QED) is 0.419. The summed E-state index contributed by atoms with van der Waals surface area (Å²) in [6.07, 6.45) is 17.7. The van der Waals surface area contributed by atoms with E-state index in [9.17, 15) is 9.59 Å². The molecule has 0 aromatic carbocycles. The van der Waals surface area contributed by atoms with Crippen molar-refractivity contribution in [3.63, 3.8) is 0 Å². The van der Waals surface area contributed by atoms with Crippen LogP contribution in [0.1, 0.15) is 96.3 Å². The van der Waals surface area contributed by atoms with Gasteiger partial charge in [0.1, 0.15) is 12.1 Å². The largest absolute Gasteiger partial charge is 0.328 e. The fourth-order valence-electron chi connectivity index (χ4n) is 8.68. The highest BCUT2D eigenvalue weighted by molar-refractivity contribution is 5.99. The second-order valence-corrected chi connectivity index (χ2v) is 13.3. The van der Waals surface area contributed by atoms with E-state index in [2.05, 4.69) is 21.1 Å². The monoisotopic (exact) mass is 529 g/mol. The van der Waals surface area contributed by atoms with Gasteiger partial charge in [0, 0.05) is 31.7 Å². The zero-order valence-corrected chi connectivity index (χ0v) is 23.5. The van der Waals surface area contributed by atoms with Crippen LogP contribution in [0.4, 0.5) is 4.79 Å². The zero-order valence-electron chi connectivity index (χ0n) is 23.5. The SMILES string of the molecule is CN1C(=O)C2C(NC3CCCCC3)N(CC3CCC(C4CCCCN4)CC3)NC2N(C2CCCC2N)C1=O. The van der Waals surface area contributed by atoms with E-state index in [-0.39, 0.29) is 42.3 Å². The minimum atomic E-state index is -0.316. The van der Waals surface area contributed by atoms with Crippen LogP contribution in [-0.4, -0.2) is 83.4 Å². The van der Waals surface area contributed by atoms with Gasteiger partial charge in [0.25, 0.3) is 0 Å². The van der Waals surface area contributed by atoms with Gasteiger partial charge in [0.05, 0.1) is 12.2 Å². The molecule has 3 saturated heterocycles. The van der Waals surface area contributed by atoms with Crippen molar-refractivity contribution in [1.82, 2.24) is 30.9 Å². The second kappa shape index (κ2) is 11.7. The first-order valence-electron chi connectivity index (χ1n) is 15.9. The number of amides is 3. The first-order valence-corrected chi connectivity index (χ1v) is 15.9. The number of piperidine rings is 1. The molecule has 6 rings (SSSR count). The molecule has 0 aromatic rings. The zero-order chi connectivity index (χ0) is 26.2. The predicted molar refractivity (Wildman–Crippen MR) is 148 cm³/mol. The van der Waals surface area contributed by atoms with Crippen LogP contribution < -0.4 is 21.8 Å². The van der Waals surface area contributed by atoms with Crippen molar-refractivity contribution >= 4 is 11.9 Å². The van der Waals surface area contributed by atoms with Gasteiger partial charge in [-0.05, 0) is 89.0 Å². The van der Waals surface area contributed by atoms with E-state index in [4.69, 9.17) is 5.73 Å². The molecule has 0 aromatic heterocycles. The lowest BCUT2D eigenvalue weighted by molar-refractivity contribution is -0.138. The lowest BCUT2D eigenvalue weighted by Crippen LogP contribution is -2.68. The average molecular weight is 530 g/mol. The molecule has 3 amide bonds.